The fraction of sp³-hybridized carbons (Fsp3) is 0.632. The maximum absolute atomic E-state index is 11.1. The Morgan fingerprint density at radius 2 is 2.04 bits per heavy atom. The first-order valence-electron chi connectivity index (χ1n) is 9.58. The molecule has 1 aliphatic carbocycles. The number of halogens is 2. The lowest BCUT2D eigenvalue weighted by Crippen LogP contribution is -2.31. The van der Waals surface area contributed by atoms with Crippen LogP contribution >= 0.6 is 24.8 Å². The first kappa shape index (κ1) is 24.6. The molecule has 1 aromatic rings. The predicted octanol–water partition coefficient (Wildman–Crippen LogP) is 3.21. The lowest BCUT2D eigenvalue weighted by Gasteiger charge is -2.26. The van der Waals surface area contributed by atoms with Crippen molar-refractivity contribution in [2.45, 2.75) is 51.5 Å². The fourth-order valence-corrected chi connectivity index (χ4v) is 3.95. The van der Waals surface area contributed by atoms with Gasteiger partial charge in [0, 0.05) is 43.5 Å². The van der Waals surface area contributed by atoms with Crippen LogP contribution in [0.1, 0.15) is 49.8 Å². The van der Waals surface area contributed by atoms with E-state index >= 15 is 0 Å². The number of hydrogen-bond acceptors (Lipinski definition) is 6. The molecule has 1 atom stereocenters. The molecule has 1 amide bonds. The molecule has 1 saturated heterocycles. The molecule has 0 spiro atoms. The van der Waals surface area contributed by atoms with Gasteiger partial charge in [-0.1, -0.05) is 19.3 Å². The number of nitrogens with zero attached hydrogens (tertiary/aromatic N) is 3. The van der Waals surface area contributed by atoms with Crippen LogP contribution in [0.25, 0.3) is 6.08 Å². The minimum atomic E-state index is -0.574. The second kappa shape index (κ2) is 12.2. The van der Waals surface area contributed by atoms with Crippen LogP contribution in [0.5, 0.6) is 0 Å². The van der Waals surface area contributed by atoms with Crippen molar-refractivity contribution in [3.8, 4) is 0 Å². The summed E-state index contributed by atoms with van der Waals surface area (Å²) in [7, 11) is 0. The maximum Gasteiger partial charge on any atom is 0.267 e. The zero-order valence-electron chi connectivity index (χ0n) is 16.3. The number of hydrogen-bond donors (Lipinski definition) is 3. The van der Waals surface area contributed by atoms with Gasteiger partial charge in [-0.25, -0.2) is 15.4 Å². The van der Waals surface area contributed by atoms with Crippen molar-refractivity contribution < 1.29 is 10.0 Å². The fourth-order valence-electron chi connectivity index (χ4n) is 3.95. The van der Waals surface area contributed by atoms with E-state index in [-0.39, 0.29) is 24.8 Å². The molecule has 0 bridgehead atoms. The van der Waals surface area contributed by atoms with Crippen LogP contribution in [0.4, 0.5) is 5.95 Å². The van der Waals surface area contributed by atoms with Gasteiger partial charge in [0.05, 0.1) is 5.69 Å². The Labute approximate surface area is 179 Å². The molecule has 3 rings (SSSR count). The molecule has 2 fully saturated rings. The number of nitrogens with one attached hydrogen (secondary N) is 2. The Morgan fingerprint density at radius 1 is 1.29 bits per heavy atom. The summed E-state index contributed by atoms with van der Waals surface area (Å²) in [4.78, 5) is 22.5. The van der Waals surface area contributed by atoms with Gasteiger partial charge < -0.3 is 10.2 Å². The molecule has 3 N–H and O–H groups in total. The number of carbonyl (C=O) groups excluding carboxylic acids is 1. The van der Waals surface area contributed by atoms with Gasteiger partial charge in [-0.3, -0.25) is 10.0 Å². The van der Waals surface area contributed by atoms with Gasteiger partial charge in [0.1, 0.15) is 0 Å². The molecule has 1 aliphatic heterocycles. The van der Waals surface area contributed by atoms with E-state index in [2.05, 4.69) is 20.2 Å². The molecule has 158 valence electrons. The first-order valence-corrected chi connectivity index (χ1v) is 9.58. The molecule has 7 nitrogen and oxygen atoms in total. The monoisotopic (exact) mass is 431 g/mol. The second-order valence-corrected chi connectivity index (χ2v) is 7.44. The lowest BCUT2D eigenvalue weighted by molar-refractivity contribution is -0.124. The summed E-state index contributed by atoms with van der Waals surface area (Å²) in [5, 5.41) is 12.0. The van der Waals surface area contributed by atoms with Crippen molar-refractivity contribution >= 4 is 42.7 Å². The van der Waals surface area contributed by atoms with E-state index in [0.29, 0.717) is 12.0 Å². The van der Waals surface area contributed by atoms with Crippen molar-refractivity contribution in [2.75, 3.05) is 25.0 Å². The van der Waals surface area contributed by atoms with Crippen LogP contribution < -0.4 is 10.8 Å². The van der Waals surface area contributed by atoms with E-state index in [0.717, 1.165) is 36.7 Å². The number of anilines is 1. The molecular formula is C19H31Cl2N5O2. The molecule has 9 heteroatoms. The summed E-state index contributed by atoms with van der Waals surface area (Å²) in [6.07, 6.45) is 12.6. The quantitative estimate of drug-likeness (QED) is 0.363. The van der Waals surface area contributed by atoms with Crippen molar-refractivity contribution in [2.24, 2.45) is 5.92 Å². The highest BCUT2D eigenvalue weighted by Crippen LogP contribution is 2.26. The number of amides is 1. The number of aryl methyl sites for hydroxylation is 1. The van der Waals surface area contributed by atoms with E-state index in [1.54, 1.807) is 17.8 Å². The normalized spacial score (nSPS) is 20.4. The van der Waals surface area contributed by atoms with Gasteiger partial charge in [0.2, 0.25) is 5.95 Å². The average Bonchev–Trinajstić information content (AvgIpc) is 3.08. The molecule has 0 unspecified atom stereocenters. The van der Waals surface area contributed by atoms with Gasteiger partial charge in [-0.15, -0.1) is 24.8 Å². The van der Waals surface area contributed by atoms with Crippen LogP contribution in [-0.4, -0.2) is 51.7 Å². The van der Waals surface area contributed by atoms with E-state index in [4.69, 9.17) is 5.21 Å². The van der Waals surface area contributed by atoms with Crippen LogP contribution in [0, 0.1) is 12.8 Å². The van der Waals surface area contributed by atoms with Crippen LogP contribution in [-0.2, 0) is 4.79 Å². The third-order valence-corrected chi connectivity index (χ3v) is 5.39. The molecule has 1 aromatic heterocycles. The number of likely N-dealkylation sites (tertiary alicyclic amines) is 1. The highest BCUT2D eigenvalue weighted by molar-refractivity contribution is 5.90. The third-order valence-electron chi connectivity index (χ3n) is 5.39. The summed E-state index contributed by atoms with van der Waals surface area (Å²) in [5.74, 6) is 0.939. The molecular weight excluding hydrogens is 401 g/mol. The SMILES string of the molecule is Cc1nc(N[C@@H]2CCN(CC3CCCCC3)C2)ncc1/C=C/C(=O)NO.Cl.Cl. The minimum Gasteiger partial charge on any atom is -0.350 e. The molecule has 2 aliphatic rings. The summed E-state index contributed by atoms with van der Waals surface area (Å²) >= 11 is 0. The van der Waals surface area contributed by atoms with Crippen LogP contribution in [0.3, 0.4) is 0 Å². The molecule has 0 aromatic carbocycles. The van der Waals surface area contributed by atoms with Crippen molar-refractivity contribution in [1.82, 2.24) is 20.3 Å². The second-order valence-electron chi connectivity index (χ2n) is 7.44. The van der Waals surface area contributed by atoms with Crippen molar-refractivity contribution in [3.63, 3.8) is 0 Å². The Hall–Kier alpha value is -1.41. The van der Waals surface area contributed by atoms with Gasteiger partial charge in [-0.2, -0.15) is 0 Å². The van der Waals surface area contributed by atoms with E-state index in [1.165, 1.54) is 44.7 Å². The summed E-state index contributed by atoms with van der Waals surface area (Å²) in [5.41, 5.74) is 3.11. The smallest absolute Gasteiger partial charge is 0.267 e. The van der Waals surface area contributed by atoms with E-state index in [9.17, 15) is 4.79 Å². The number of aromatic nitrogens is 2. The minimum absolute atomic E-state index is 0. The highest BCUT2D eigenvalue weighted by atomic mass is 35.5. The molecule has 2 heterocycles. The van der Waals surface area contributed by atoms with Gasteiger partial charge in [0.15, 0.2) is 0 Å². The van der Waals surface area contributed by atoms with Gasteiger partial charge in [0.25, 0.3) is 5.91 Å². The summed E-state index contributed by atoms with van der Waals surface area (Å²) in [6, 6.07) is 0.388. The zero-order valence-corrected chi connectivity index (χ0v) is 17.9. The van der Waals surface area contributed by atoms with Crippen molar-refractivity contribution in [3.05, 3.63) is 23.5 Å². The van der Waals surface area contributed by atoms with Gasteiger partial charge in [-0.05, 0) is 38.2 Å². The first-order chi connectivity index (χ1) is 12.6. The Kier molecular flexibility index (Phi) is 10.7. The van der Waals surface area contributed by atoms with E-state index < -0.39 is 5.91 Å². The third kappa shape index (κ3) is 7.20. The van der Waals surface area contributed by atoms with Crippen molar-refractivity contribution in [1.29, 1.82) is 0 Å². The van der Waals surface area contributed by atoms with E-state index in [1.807, 2.05) is 6.92 Å². The zero-order chi connectivity index (χ0) is 18.4. The summed E-state index contributed by atoms with van der Waals surface area (Å²) in [6.45, 7) is 5.31. The highest BCUT2D eigenvalue weighted by Gasteiger charge is 2.25. The lowest BCUT2D eigenvalue weighted by atomic mass is 9.89. The molecule has 28 heavy (non-hydrogen) atoms. The largest absolute Gasteiger partial charge is 0.350 e. The average molecular weight is 432 g/mol. The van der Waals surface area contributed by atoms with Crippen LogP contribution in [0.15, 0.2) is 12.3 Å². The Balaban J connectivity index is 0.00000196. The Bertz CT molecular complexity index is 653. The topological polar surface area (TPSA) is 90.4 Å². The number of rotatable bonds is 6. The standard InChI is InChI=1S/C19H29N5O2.2ClH/c1-14-16(7-8-18(25)23-26)11-20-19(21-14)22-17-9-10-24(13-17)12-15-5-3-2-4-6-15;;/h7-8,11,15,17,26H,2-6,9-10,12-13H2,1H3,(H,23,25)(H,20,21,22);2*1H/b8-7+;;/t17-;;/m1../s1. The summed E-state index contributed by atoms with van der Waals surface area (Å²) < 4.78 is 0. The number of carbonyl (C=O) groups is 1. The predicted molar refractivity (Wildman–Crippen MR) is 115 cm³/mol. The Morgan fingerprint density at radius 3 is 2.71 bits per heavy atom. The number of hydroxylamine groups is 1. The van der Waals surface area contributed by atoms with Crippen LogP contribution in [0.2, 0.25) is 0 Å². The van der Waals surface area contributed by atoms with Gasteiger partial charge >= 0.3 is 0 Å². The molecule has 0 radical (unpaired) electrons. The maximum atomic E-state index is 11.1. The molecule has 1 saturated carbocycles.